The van der Waals surface area contributed by atoms with Crippen molar-refractivity contribution in [3.8, 4) is 0 Å². The molecular weight excluding hydrogens is 361 g/mol. The topological polar surface area (TPSA) is 55.8 Å². The SMILES string of the molecule is CC(CC[C@H]1OC(C)(C)OC1=O)CC(=O)N1CC=C(c2ccc(F)cc2)CC1. The zero-order valence-electron chi connectivity index (χ0n) is 16.7. The highest BCUT2D eigenvalue weighted by Crippen LogP contribution is 2.28. The lowest BCUT2D eigenvalue weighted by Crippen LogP contribution is -2.35. The Labute approximate surface area is 165 Å². The Hall–Kier alpha value is -2.21. The van der Waals surface area contributed by atoms with Crippen molar-refractivity contribution in [3.05, 3.63) is 41.7 Å². The zero-order chi connectivity index (χ0) is 20.3. The molecule has 0 saturated carbocycles. The van der Waals surface area contributed by atoms with Crippen LogP contribution < -0.4 is 0 Å². The maximum Gasteiger partial charge on any atom is 0.337 e. The van der Waals surface area contributed by atoms with Crippen LogP contribution in [0.5, 0.6) is 0 Å². The third-order valence-electron chi connectivity index (χ3n) is 5.26. The first-order valence-electron chi connectivity index (χ1n) is 9.87. The Morgan fingerprint density at radius 2 is 2.04 bits per heavy atom. The van der Waals surface area contributed by atoms with Crippen molar-refractivity contribution >= 4 is 17.4 Å². The van der Waals surface area contributed by atoms with E-state index in [1.807, 2.05) is 17.9 Å². The maximum atomic E-state index is 13.1. The van der Waals surface area contributed by atoms with E-state index in [0.29, 0.717) is 25.9 Å². The molecular formula is C22H28FNO4. The van der Waals surface area contributed by atoms with Gasteiger partial charge in [-0.15, -0.1) is 0 Å². The van der Waals surface area contributed by atoms with Crippen molar-refractivity contribution in [3.63, 3.8) is 0 Å². The van der Waals surface area contributed by atoms with Gasteiger partial charge in [-0.1, -0.05) is 25.1 Å². The molecule has 1 amide bonds. The van der Waals surface area contributed by atoms with Gasteiger partial charge in [0.1, 0.15) is 5.82 Å². The first kappa shape index (κ1) is 20.5. The normalized spacial score (nSPS) is 22.6. The van der Waals surface area contributed by atoms with Crippen molar-refractivity contribution in [2.45, 2.75) is 58.3 Å². The predicted octanol–water partition coefficient (Wildman–Crippen LogP) is 3.93. The summed E-state index contributed by atoms with van der Waals surface area (Å²) in [5, 5.41) is 0. The molecule has 152 valence electrons. The second-order valence-electron chi connectivity index (χ2n) is 8.14. The van der Waals surface area contributed by atoms with Gasteiger partial charge in [-0.2, -0.15) is 0 Å². The highest BCUT2D eigenvalue weighted by atomic mass is 19.1. The lowest BCUT2D eigenvalue weighted by Gasteiger charge is -2.28. The summed E-state index contributed by atoms with van der Waals surface area (Å²) in [5.41, 5.74) is 2.16. The fourth-order valence-electron chi connectivity index (χ4n) is 3.69. The van der Waals surface area contributed by atoms with Crippen molar-refractivity contribution in [1.29, 1.82) is 0 Å². The quantitative estimate of drug-likeness (QED) is 0.692. The number of carbonyl (C=O) groups excluding carboxylic acids is 2. The van der Waals surface area contributed by atoms with Gasteiger partial charge < -0.3 is 14.4 Å². The standard InChI is InChI=1S/C22H28FNO4/c1-15(4-9-19-21(26)28-22(2,3)27-19)14-20(25)24-12-10-17(11-13-24)16-5-7-18(23)8-6-16/h5-8,10,15,19H,4,9,11-14H2,1-3H3/t15?,19-/m1/s1. The molecule has 1 aromatic rings. The number of benzene rings is 1. The first-order valence-corrected chi connectivity index (χ1v) is 9.87. The highest BCUT2D eigenvalue weighted by molar-refractivity contribution is 5.78. The van der Waals surface area contributed by atoms with Crippen LogP contribution in [-0.2, 0) is 19.1 Å². The van der Waals surface area contributed by atoms with Crippen LogP contribution in [0.25, 0.3) is 5.57 Å². The molecule has 1 fully saturated rings. The molecule has 0 aliphatic carbocycles. The fourth-order valence-corrected chi connectivity index (χ4v) is 3.69. The smallest absolute Gasteiger partial charge is 0.337 e. The molecule has 1 unspecified atom stereocenters. The number of amides is 1. The Balaban J connectivity index is 1.45. The summed E-state index contributed by atoms with van der Waals surface area (Å²) in [4.78, 5) is 26.2. The number of cyclic esters (lactones) is 1. The van der Waals surface area contributed by atoms with Gasteiger partial charge in [0.2, 0.25) is 11.7 Å². The minimum absolute atomic E-state index is 0.122. The van der Waals surface area contributed by atoms with Crippen molar-refractivity contribution < 1.29 is 23.5 Å². The summed E-state index contributed by atoms with van der Waals surface area (Å²) in [6, 6.07) is 6.47. The molecule has 2 heterocycles. The van der Waals surface area contributed by atoms with Crippen LogP contribution in [0.1, 0.15) is 52.0 Å². The van der Waals surface area contributed by atoms with E-state index in [1.165, 1.54) is 12.1 Å². The van der Waals surface area contributed by atoms with Gasteiger partial charge in [0.25, 0.3) is 0 Å². The molecule has 5 nitrogen and oxygen atoms in total. The van der Waals surface area contributed by atoms with Crippen LogP contribution in [0, 0.1) is 11.7 Å². The summed E-state index contributed by atoms with van der Waals surface area (Å²) >= 11 is 0. The number of hydrogen-bond acceptors (Lipinski definition) is 4. The van der Waals surface area contributed by atoms with Crippen molar-refractivity contribution in [1.82, 2.24) is 4.90 Å². The second kappa shape index (κ2) is 8.43. The largest absolute Gasteiger partial charge is 0.432 e. The number of carbonyl (C=O) groups is 2. The summed E-state index contributed by atoms with van der Waals surface area (Å²) in [7, 11) is 0. The van der Waals surface area contributed by atoms with Gasteiger partial charge in [0.05, 0.1) is 0 Å². The van der Waals surface area contributed by atoms with Crippen LogP contribution in [0.2, 0.25) is 0 Å². The van der Waals surface area contributed by atoms with E-state index in [1.54, 1.807) is 26.0 Å². The molecule has 0 N–H and O–H groups in total. The van der Waals surface area contributed by atoms with Crippen molar-refractivity contribution in [2.24, 2.45) is 5.92 Å². The summed E-state index contributed by atoms with van der Waals surface area (Å²) in [5.74, 6) is -1.14. The Morgan fingerprint density at radius 1 is 1.32 bits per heavy atom. The van der Waals surface area contributed by atoms with E-state index in [0.717, 1.165) is 24.0 Å². The van der Waals surface area contributed by atoms with Crippen LogP contribution >= 0.6 is 0 Å². The van der Waals surface area contributed by atoms with Gasteiger partial charge in [-0.05, 0) is 48.4 Å². The number of halogens is 1. The number of nitrogens with zero attached hydrogens (tertiary/aromatic N) is 1. The zero-order valence-corrected chi connectivity index (χ0v) is 16.7. The molecule has 2 aliphatic heterocycles. The van der Waals surface area contributed by atoms with E-state index in [-0.39, 0.29) is 23.6 Å². The van der Waals surface area contributed by atoms with Gasteiger partial charge in [0, 0.05) is 33.4 Å². The minimum atomic E-state index is -0.858. The molecule has 2 atom stereocenters. The van der Waals surface area contributed by atoms with E-state index < -0.39 is 11.9 Å². The molecule has 28 heavy (non-hydrogen) atoms. The summed E-state index contributed by atoms with van der Waals surface area (Å²) < 4.78 is 23.8. The Bertz CT molecular complexity index is 756. The third-order valence-corrected chi connectivity index (χ3v) is 5.26. The monoisotopic (exact) mass is 389 g/mol. The number of esters is 1. The molecule has 1 saturated heterocycles. The van der Waals surface area contributed by atoms with Gasteiger partial charge >= 0.3 is 5.97 Å². The lowest BCUT2D eigenvalue weighted by atomic mass is 9.97. The maximum absolute atomic E-state index is 13.1. The Morgan fingerprint density at radius 3 is 2.61 bits per heavy atom. The minimum Gasteiger partial charge on any atom is -0.432 e. The molecule has 0 bridgehead atoms. The third kappa shape index (κ3) is 5.19. The summed E-state index contributed by atoms with van der Waals surface area (Å²) in [6.07, 6.45) is 4.01. The molecule has 1 aromatic carbocycles. The molecule has 0 spiro atoms. The average Bonchev–Trinajstić information content (AvgIpc) is 2.92. The van der Waals surface area contributed by atoms with E-state index in [2.05, 4.69) is 0 Å². The van der Waals surface area contributed by atoms with Crippen LogP contribution in [0.15, 0.2) is 30.3 Å². The Kier molecular flexibility index (Phi) is 6.18. The van der Waals surface area contributed by atoms with E-state index in [9.17, 15) is 14.0 Å². The molecule has 6 heteroatoms. The molecule has 3 rings (SSSR count). The first-order chi connectivity index (χ1) is 13.2. The second-order valence-corrected chi connectivity index (χ2v) is 8.14. The van der Waals surface area contributed by atoms with Gasteiger partial charge in [0.15, 0.2) is 6.10 Å². The van der Waals surface area contributed by atoms with Crippen LogP contribution in [0.3, 0.4) is 0 Å². The fraction of sp³-hybridized carbons (Fsp3) is 0.545. The van der Waals surface area contributed by atoms with E-state index >= 15 is 0 Å². The molecule has 2 aliphatic rings. The number of ether oxygens (including phenoxy) is 2. The molecule has 0 radical (unpaired) electrons. The van der Waals surface area contributed by atoms with Crippen LogP contribution in [-0.4, -0.2) is 41.8 Å². The van der Waals surface area contributed by atoms with Crippen LogP contribution in [0.4, 0.5) is 4.39 Å². The molecule has 0 aromatic heterocycles. The van der Waals surface area contributed by atoms with Crippen molar-refractivity contribution in [2.75, 3.05) is 13.1 Å². The average molecular weight is 389 g/mol. The number of rotatable bonds is 6. The van der Waals surface area contributed by atoms with E-state index in [4.69, 9.17) is 9.47 Å². The van der Waals surface area contributed by atoms with Gasteiger partial charge in [-0.3, -0.25) is 4.79 Å². The predicted molar refractivity (Wildman–Crippen MR) is 104 cm³/mol. The number of hydrogen-bond donors (Lipinski definition) is 0. The highest BCUT2D eigenvalue weighted by Gasteiger charge is 2.40. The summed E-state index contributed by atoms with van der Waals surface area (Å²) in [6.45, 7) is 6.71. The van der Waals surface area contributed by atoms with Gasteiger partial charge in [-0.25, -0.2) is 9.18 Å². The lowest BCUT2D eigenvalue weighted by molar-refractivity contribution is -0.161.